The maximum Gasteiger partial charge on any atom is 0.345 e. The van der Waals surface area contributed by atoms with Gasteiger partial charge in [-0.05, 0) is 54.4 Å². The van der Waals surface area contributed by atoms with E-state index in [0.29, 0.717) is 28.5 Å². The minimum Gasteiger partial charge on any atom is -0.490 e. The molecule has 0 bridgehead atoms. The molecular weight excluding hydrogens is 467 g/mol. The zero-order valence-electron chi connectivity index (χ0n) is 17.5. The molecule has 0 aliphatic carbocycles. The Morgan fingerprint density at radius 1 is 1.06 bits per heavy atom. The van der Waals surface area contributed by atoms with Gasteiger partial charge in [0.05, 0.1) is 23.4 Å². The number of esters is 1. The number of halogens is 2. The number of nitrogens with zero attached hydrogens (tertiary/aromatic N) is 1. The first-order chi connectivity index (χ1) is 15.9. The summed E-state index contributed by atoms with van der Waals surface area (Å²) in [5.41, 5.74) is 3.47. The van der Waals surface area contributed by atoms with Gasteiger partial charge in [-0.3, -0.25) is 4.79 Å². The molecule has 0 aromatic heterocycles. The molecule has 7 nitrogen and oxygen atoms in total. The molecule has 2 N–H and O–H groups in total. The summed E-state index contributed by atoms with van der Waals surface area (Å²) < 4.78 is 11.0. The summed E-state index contributed by atoms with van der Waals surface area (Å²) in [5, 5.41) is 14.5. The van der Waals surface area contributed by atoms with Gasteiger partial charge in [-0.25, -0.2) is 10.2 Å². The largest absolute Gasteiger partial charge is 0.490 e. The van der Waals surface area contributed by atoms with Crippen LogP contribution >= 0.6 is 23.2 Å². The van der Waals surface area contributed by atoms with E-state index in [1.54, 1.807) is 49.4 Å². The van der Waals surface area contributed by atoms with E-state index < -0.39 is 18.0 Å². The number of ether oxygens (including phenoxy) is 2. The summed E-state index contributed by atoms with van der Waals surface area (Å²) in [7, 11) is 0. The number of aliphatic hydroxyl groups is 1. The molecule has 0 spiro atoms. The van der Waals surface area contributed by atoms with Crippen LogP contribution < -0.4 is 14.9 Å². The number of carbonyl (C=O) groups excluding carboxylic acids is 2. The molecule has 3 aromatic rings. The van der Waals surface area contributed by atoms with Crippen molar-refractivity contribution < 1.29 is 24.2 Å². The van der Waals surface area contributed by atoms with Crippen LogP contribution in [0.15, 0.2) is 71.8 Å². The SMILES string of the molecule is CCOc1cc(/C=N\NC(=O)[C@@H](O)c2ccccc2)ccc1OC(=O)c1ccc(Cl)cc1Cl. The van der Waals surface area contributed by atoms with Crippen LogP contribution in [0.5, 0.6) is 11.5 Å². The molecule has 0 aliphatic rings. The number of rotatable bonds is 8. The van der Waals surface area contributed by atoms with E-state index in [9.17, 15) is 14.7 Å². The summed E-state index contributed by atoms with van der Waals surface area (Å²) in [6.07, 6.45) is 0.0311. The molecule has 0 heterocycles. The van der Waals surface area contributed by atoms with E-state index >= 15 is 0 Å². The lowest BCUT2D eigenvalue weighted by atomic mass is 10.1. The molecule has 33 heavy (non-hydrogen) atoms. The fourth-order valence-electron chi connectivity index (χ4n) is 2.79. The second-order valence-electron chi connectivity index (χ2n) is 6.70. The van der Waals surface area contributed by atoms with Crippen LogP contribution in [0.25, 0.3) is 0 Å². The molecule has 3 aromatic carbocycles. The van der Waals surface area contributed by atoms with Gasteiger partial charge in [0.25, 0.3) is 5.91 Å². The first-order valence-electron chi connectivity index (χ1n) is 9.89. The fourth-order valence-corrected chi connectivity index (χ4v) is 3.27. The zero-order valence-corrected chi connectivity index (χ0v) is 19.0. The molecule has 0 saturated heterocycles. The lowest BCUT2D eigenvalue weighted by Crippen LogP contribution is -2.25. The van der Waals surface area contributed by atoms with Crippen LogP contribution in [0, 0.1) is 0 Å². The average Bonchev–Trinajstić information content (AvgIpc) is 2.80. The molecule has 9 heteroatoms. The molecule has 1 atom stereocenters. The van der Waals surface area contributed by atoms with Crippen LogP contribution in [-0.2, 0) is 4.79 Å². The van der Waals surface area contributed by atoms with E-state index in [-0.39, 0.29) is 16.3 Å². The number of hydrogen-bond donors (Lipinski definition) is 2. The standard InChI is InChI=1S/C24H20Cl2N2O5/c1-2-32-21-12-15(14-27-28-23(30)22(29)16-6-4-3-5-7-16)8-11-20(21)33-24(31)18-10-9-17(25)13-19(18)26/h3-14,22,29H,2H2,1H3,(H,28,30)/b27-14-/t22-/m0/s1. The molecule has 170 valence electrons. The van der Waals surface area contributed by atoms with Gasteiger partial charge in [-0.2, -0.15) is 5.10 Å². The Balaban J connectivity index is 1.70. The van der Waals surface area contributed by atoms with Crippen molar-refractivity contribution in [2.75, 3.05) is 6.61 Å². The van der Waals surface area contributed by atoms with Crippen molar-refractivity contribution in [2.45, 2.75) is 13.0 Å². The summed E-state index contributed by atoms with van der Waals surface area (Å²) in [4.78, 5) is 24.6. The van der Waals surface area contributed by atoms with E-state index in [4.69, 9.17) is 32.7 Å². The maximum atomic E-state index is 12.5. The molecule has 1 amide bonds. The topological polar surface area (TPSA) is 97.2 Å². The normalized spacial score (nSPS) is 11.8. The number of benzene rings is 3. The summed E-state index contributed by atoms with van der Waals surface area (Å²) in [6, 6.07) is 17.7. The summed E-state index contributed by atoms with van der Waals surface area (Å²) in [5.74, 6) is -0.849. The third-order valence-corrected chi connectivity index (χ3v) is 4.92. The zero-order chi connectivity index (χ0) is 23.8. The first-order valence-corrected chi connectivity index (χ1v) is 10.6. The Labute approximate surface area is 200 Å². The monoisotopic (exact) mass is 486 g/mol. The highest BCUT2D eigenvalue weighted by Gasteiger charge is 2.17. The minimum absolute atomic E-state index is 0.161. The van der Waals surface area contributed by atoms with Gasteiger partial charge in [-0.15, -0.1) is 0 Å². The lowest BCUT2D eigenvalue weighted by Gasteiger charge is -2.12. The minimum atomic E-state index is -1.34. The Kier molecular flexibility index (Phi) is 8.43. The highest BCUT2D eigenvalue weighted by atomic mass is 35.5. The van der Waals surface area contributed by atoms with E-state index in [0.717, 1.165) is 0 Å². The Hall–Kier alpha value is -3.39. The molecule has 0 aliphatic heterocycles. The number of amides is 1. The molecular formula is C24H20Cl2N2O5. The third kappa shape index (κ3) is 6.55. The van der Waals surface area contributed by atoms with Crippen molar-refractivity contribution in [3.8, 4) is 11.5 Å². The van der Waals surface area contributed by atoms with Crippen LogP contribution in [0.2, 0.25) is 10.0 Å². The van der Waals surface area contributed by atoms with E-state index in [2.05, 4.69) is 10.5 Å². The molecule has 0 radical (unpaired) electrons. The van der Waals surface area contributed by atoms with Gasteiger partial charge in [0, 0.05) is 5.02 Å². The average molecular weight is 487 g/mol. The number of carbonyl (C=O) groups is 2. The quantitative estimate of drug-likeness (QED) is 0.206. The second-order valence-corrected chi connectivity index (χ2v) is 7.54. The van der Waals surface area contributed by atoms with Gasteiger partial charge in [0.1, 0.15) is 0 Å². The molecule has 0 saturated carbocycles. The molecule has 0 unspecified atom stereocenters. The number of nitrogens with one attached hydrogen (secondary N) is 1. The molecule has 3 rings (SSSR count). The number of hydrogen-bond acceptors (Lipinski definition) is 6. The van der Waals surface area contributed by atoms with Crippen molar-refractivity contribution in [3.05, 3.63) is 93.5 Å². The Morgan fingerprint density at radius 2 is 1.82 bits per heavy atom. The highest BCUT2D eigenvalue weighted by Crippen LogP contribution is 2.30. The summed E-state index contributed by atoms with van der Waals surface area (Å²) in [6.45, 7) is 2.11. The second kappa shape index (κ2) is 11.5. The van der Waals surface area contributed by atoms with Gasteiger partial charge in [-0.1, -0.05) is 53.5 Å². The van der Waals surface area contributed by atoms with Crippen molar-refractivity contribution in [2.24, 2.45) is 5.10 Å². The smallest absolute Gasteiger partial charge is 0.345 e. The first kappa shape index (κ1) is 24.3. The van der Waals surface area contributed by atoms with Gasteiger partial charge >= 0.3 is 5.97 Å². The summed E-state index contributed by atoms with van der Waals surface area (Å²) >= 11 is 11.9. The predicted octanol–water partition coefficient (Wildman–Crippen LogP) is 4.80. The van der Waals surface area contributed by atoms with Gasteiger partial charge < -0.3 is 14.6 Å². The van der Waals surface area contributed by atoms with Crippen LogP contribution in [0.3, 0.4) is 0 Å². The Bertz CT molecular complexity index is 1170. The maximum absolute atomic E-state index is 12.5. The van der Waals surface area contributed by atoms with Crippen LogP contribution in [0.4, 0.5) is 0 Å². The highest BCUT2D eigenvalue weighted by molar-refractivity contribution is 6.36. The number of aliphatic hydroxyl groups excluding tert-OH is 1. The fraction of sp³-hybridized carbons (Fsp3) is 0.125. The Morgan fingerprint density at radius 3 is 2.52 bits per heavy atom. The van der Waals surface area contributed by atoms with Crippen molar-refractivity contribution in [1.82, 2.24) is 5.43 Å². The number of hydrazone groups is 1. The van der Waals surface area contributed by atoms with Crippen LogP contribution in [-0.4, -0.2) is 29.8 Å². The predicted molar refractivity (Wildman–Crippen MR) is 126 cm³/mol. The third-order valence-electron chi connectivity index (χ3n) is 4.37. The van der Waals surface area contributed by atoms with Crippen LogP contribution in [0.1, 0.15) is 34.5 Å². The van der Waals surface area contributed by atoms with Crippen molar-refractivity contribution >= 4 is 41.3 Å². The van der Waals surface area contributed by atoms with E-state index in [1.165, 1.54) is 30.5 Å². The lowest BCUT2D eigenvalue weighted by molar-refractivity contribution is -0.129. The van der Waals surface area contributed by atoms with Gasteiger partial charge in [0.15, 0.2) is 17.6 Å². The van der Waals surface area contributed by atoms with Gasteiger partial charge in [0.2, 0.25) is 0 Å². The van der Waals surface area contributed by atoms with E-state index in [1.807, 2.05) is 0 Å². The van der Waals surface area contributed by atoms with Crippen molar-refractivity contribution in [1.29, 1.82) is 0 Å². The molecule has 0 fully saturated rings. The van der Waals surface area contributed by atoms with Crippen molar-refractivity contribution in [3.63, 3.8) is 0 Å².